The molecule has 0 spiro atoms. The third-order valence-electron chi connectivity index (χ3n) is 7.86. The third kappa shape index (κ3) is 6.75. The van der Waals surface area contributed by atoms with Gasteiger partial charge in [0.15, 0.2) is 6.29 Å². The number of hydrogen-bond donors (Lipinski definition) is 1. The summed E-state index contributed by atoms with van der Waals surface area (Å²) in [6, 6.07) is 7.43. The molecule has 0 radical (unpaired) electrons. The number of ether oxygens (including phenoxy) is 3. The monoisotopic (exact) mass is 473 g/mol. The summed E-state index contributed by atoms with van der Waals surface area (Å²) in [4.78, 5) is 12.4. The molecule has 0 aliphatic carbocycles. The van der Waals surface area contributed by atoms with Crippen LogP contribution >= 0.6 is 0 Å². The minimum atomic E-state index is -0.357. The molecule has 7 atom stereocenters. The van der Waals surface area contributed by atoms with Crippen molar-refractivity contribution in [2.45, 2.75) is 105 Å². The molecule has 7 unspecified atom stereocenters. The fourth-order valence-electron chi connectivity index (χ4n) is 5.86. The molecule has 3 rings (SSSR count). The highest BCUT2D eigenvalue weighted by Gasteiger charge is 2.50. The Bertz CT molecular complexity index is 749. The zero-order valence-corrected chi connectivity index (χ0v) is 22.2. The number of fused-ring (bicyclic) bond motifs is 1. The van der Waals surface area contributed by atoms with Crippen LogP contribution in [0.3, 0.4) is 0 Å². The van der Waals surface area contributed by atoms with Gasteiger partial charge in [-0.3, -0.25) is 4.79 Å². The van der Waals surface area contributed by atoms with Crippen LogP contribution in [0.15, 0.2) is 24.3 Å². The Hall–Kier alpha value is -1.59. The van der Waals surface area contributed by atoms with Crippen molar-refractivity contribution < 1.29 is 19.0 Å². The molecule has 2 saturated heterocycles. The Morgan fingerprint density at radius 3 is 2.44 bits per heavy atom. The van der Waals surface area contributed by atoms with Gasteiger partial charge in [0, 0.05) is 23.9 Å². The molecule has 192 valence electrons. The van der Waals surface area contributed by atoms with Crippen molar-refractivity contribution in [3.8, 4) is 5.75 Å². The first-order chi connectivity index (χ1) is 16.3. The number of rotatable bonds is 10. The van der Waals surface area contributed by atoms with Gasteiger partial charge in [-0.1, -0.05) is 53.9 Å². The van der Waals surface area contributed by atoms with E-state index >= 15 is 0 Å². The number of carbonyl (C=O) groups is 1. The van der Waals surface area contributed by atoms with Gasteiger partial charge in [-0.05, 0) is 74.6 Å². The Morgan fingerprint density at radius 2 is 1.79 bits per heavy atom. The Kier molecular flexibility index (Phi) is 10.3. The van der Waals surface area contributed by atoms with E-state index in [0.29, 0.717) is 29.2 Å². The smallest absolute Gasteiger partial charge is 0.251 e. The molecule has 1 N–H and O–H groups in total. The van der Waals surface area contributed by atoms with E-state index in [9.17, 15) is 4.79 Å². The summed E-state index contributed by atoms with van der Waals surface area (Å²) in [6.45, 7) is 14.3. The maximum atomic E-state index is 12.4. The van der Waals surface area contributed by atoms with Crippen molar-refractivity contribution in [3.63, 3.8) is 0 Å². The summed E-state index contributed by atoms with van der Waals surface area (Å²) in [7, 11) is 0. The second-order valence-electron chi connectivity index (χ2n) is 10.8. The minimum Gasteiger partial charge on any atom is -0.465 e. The minimum absolute atomic E-state index is 0.0311. The molecule has 1 amide bonds. The normalized spacial score (nSPS) is 31.6. The van der Waals surface area contributed by atoms with E-state index in [2.05, 4.69) is 46.9 Å². The number of amides is 1. The summed E-state index contributed by atoms with van der Waals surface area (Å²) in [5.74, 6) is 3.07. The second-order valence-corrected chi connectivity index (χ2v) is 10.8. The maximum absolute atomic E-state index is 12.4. The van der Waals surface area contributed by atoms with Crippen LogP contribution in [0, 0.1) is 29.6 Å². The van der Waals surface area contributed by atoms with Gasteiger partial charge >= 0.3 is 0 Å². The molecule has 2 fully saturated rings. The molecule has 1 aromatic carbocycles. The SMILES string of the molecule is CCCCCNC(=O)c1ccc(OC2OC3OC(C)CCC(C(C)C)C3C(CCC)C2C)cc1. The van der Waals surface area contributed by atoms with Crippen LogP contribution < -0.4 is 10.1 Å². The third-order valence-corrected chi connectivity index (χ3v) is 7.86. The predicted molar refractivity (Wildman–Crippen MR) is 137 cm³/mol. The van der Waals surface area contributed by atoms with Gasteiger partial charge in [-0.25, -0.2) is 0 Å². The average Bonchev–Trinajstić information content (AvgIpc) is 2.98. The molecule has 0 bridgehead atoms. The molecular weight excluding hydrogens is 426 g/mol. The molecule has 2 aliphatic rings. The summed E-state index contributed by atoms with van der Waals surface area (Å²) >= 11 is 0. The lowest BCUT2D eigenvalue weighted by molar-refractivity contribution is -0.310. The highest BCUT2D eigenvalue weighted by Crippen LogP contribution is 2.48. The Morgan fingerprint density at radius 1 is 1.06 bits per heavy atom. The summed E-state index contributed by atoms with van der Waals surface area (Å²) in [5.41, 5.74) is 0.658. The molecular formula is C29H47NO4. The van der Waals surface area contributed by atoms with Gasteiger partial charge in [0.1, 0.15) is 5.75 Å². The Balaban J connectivity index is 1.70. The molecule has 0 saturated carbocycles. The lowest BCUT2D eigenvalue weighted by Crippen LogP contribution is -2.52. The van der Waals surface area contributed by atoms with E-state index in [1.54, 1.807) is 0 Å². The lowest BCUT2D eigenvalue weighted by atomic mass is 9.67. The van der Waals surface area contributed by atoms with E-state index in [4.69, 9.17) is 14.2 Å². The van der Waals surface area contributed by atoms with E-state index < -0.39 is 0 Å². The van der Waals surface area contributed by atoms with Crippen molar-refractivity contribution in [3.05, 3.63) is 29.8 Å². The Labute approximate surface area is 207 Å². The van der Waals surface area contributed by atoms with Crippen LogP contribution in [-0.2, 0) is 9.47 Å². The first kappa shape index (κ1) is 27.0. The number of carbonyl (C=O) groups excluding carboxylic acids is 1. The van der Waals surface area contributed by atoms with Gasteiger partial charge in [0.25, 0.3) is 5.91 Å². The fraction of sp³-hybridized carbons (Fsp3) is 0.759. The number of hydrogen-bond acceptors (Lipinski definition) is 4. The van der Waals surface area contributed by atoms with E-state index in [1.165, 1.54) is 6.42 Å². The van der Waals surface area contributed by atoms with Crippen LogP contribution in [-0.4, -0.2) is 31.1 Å². The molecule has 5 nitrogen and oxygen atoms in total. The van der Waals surface area contributed by atoms with Crippen molar-refractivity contribution in [2.24, 2.45) is 29.6 Å². The standard InChI is InChI=1S/C29H47NO4/c1-7-9-10-18-30-27(31)22-13-15-23(16-14-22)33-28-21(6)25(11-8-2)26-24(19(3)4)17-12-20(5)32-29(26)34-28/h13-16,19-21,24-26,28-29H,7-12,17-18H2,1-6H3,(H,30,31). The number of unbranched alkanes of at least 4 members (excludes halogenated alkanes) is 2. The maximum Gasteiger partial charge on any atom is 0.251 e. The summed E-state index contributed by atoms with van der Waals surface area (Å²) in [5, 5.41) is 2.99. The first-order valence-electron chi connectivity index (χ1n) is 13.7. The quantitative estimate of drug-likeness (QED) is 0.379. The average molecular weight is 474 g/mol. The molecule has 2 aliphatic heterocycles. The van der Waals surface area contributed by atoms with E-state index in [1.807, 2.05) is 24.3 Å². The van der Waals surface area contributed by atoms with E-state index in [-0.39, 0.29) is 30.5 Å². The topological polar surface area (TPSA) is 56.8 Å². The van der Waals surface area contributed by atoms with Crippen molar-refractivity contribution >= 4 is 5.91 Å². The van der Waals surface area contributed by atoms with Crippen molar-refractivity contribution in [2.75, 3.05) is 6.54 Å². The van der Waals surface area contributed by atoms with Gasteiger partial charge < -0.3 is 19.5 Å². The first-order valence-corrected chi connectivity index (χ1v) is 13.7. The lowest BCUT2D eigenvalue weighted by Gasteiger charge is -2.48. The largest absolute Gasteiger partial charge is 0.465 e. The second kappa shape index (κ2) is 12.9. The zero-order valence-electron chi connectivity index (χ0n) is 22.2. The highest BCUT2D eigenvalue weighted by atomic mass is 16.8. The summed E-state index contributed by atoms with van der Waals surface area (Å²) < 4.78 is 19.4. The highest BCUT2D eigenvalue weighted by molar-refractivity contribution is 5.94. The zero-order chi connectivity index (χ0) is 24.7. The van der Waals surface area contributed by atoms with Crippen LogP contribution in [0.1, 0.15) is 96.8 Å². The summed E-state index contributed by atoms with van der Waals surface area (Å²) in [6.07, 6.45) is 7.49. The van der Waals surface area contributed by atoms with Gasteiger partial charge in [-0.2, -0.15) is 0 Å². The van der Waals surface area contributed by atoms with Crippen molar-refractivity contribution in [1.29, 1.82) is 0 Å². The fourth-order valence-corrected chi connectivity index (χ4v) is 5.86. The molecule has 2 heterocycles. The molecule has 0 aromatic heterocycles. The number of benzene rings is 1. The molecule has 1 aromatic rings. The number of nitrogens with one attached hydrogen (secondary N) is 1. The van der Waals surface area contributed by atoms with Crippen molar-refractivity contribution in [1.82, 2.24) is 5.32 Å². The van der Waals surface area contributed by atoms with Crippen LogP contribution in [0.4, 0.5) is 0 Å². The van der Waals surface area contributed by atoms with Gasteiger partial charge in [0.2, 0.25) is 6.29 Å². The molecule has 34 heavy (non-hydrogen) atoms. The predicted octanol–water partition coefficient (Wildman–Crippen LogP) is 6.81. The van der Waals surface area contributed by atoms with Crippen LogP contribution in [0.5, 0.6) is 5.75 Å². The van der Waals surface area contributed by atoms with Gasteiger partial charge in [-0.15, -0.1) is 0 Å². The van der Waals surface area contributed by atoms with Crippen LogP contribution in [0.2, 0.25) is 0 Å². The van der Waals surface area contributed by atoms with Crippen LogP contribution in [0.25, 0.3) is 0 Å². The van der Waals surface area contributed by atoms with Gasteiger partial charge in [0.05, 0.1) is 6.10 Å². The van der Waals surface area contributed by atoms with E-state index in [0.717, 1.165) is 50.8 Å². The molecule has 5 heteroatoms.